The molecular weight excluding hydrogens is 540 g/mol. The van der Waals surface area contributed by atoms with Gasteiger partial charge in [0.1, 0.15) is 11.6 Å². The van der Waals surface area contributed by atoms with Crippen LogP contribution in [0.3, 0.4) is 0 Å². The number of rotatable bonds is 11. The summed E-state index contributed by atoms with van der Waals surface area (Å²) in [5.74, 6) is 0.543. The SMILES string of the molecule is COC(=O)COc1cccc(-c2nc(OC)c(Oc3ccccc3OC)c(N(c3ccc(C)cn3)S(=O)O)n2)c1. The van der Waals surface area contributed by atoms with Crippen LogP contribution in [0.5, 0.6) is 28.9 Å². The van der Waals surface area contributed by atoms with Gasteiger partial charge in [-0.2, -0.15) is 9.29 Å². The Labute approximate surface area is 232 Å². The molecule has 2 aromatic heterocycles. The predicted octanol–water partition coefficient (Wildman–Crippen LogP) is 4.48. The molecule has 4 rings (SSSR count). The zero-order valence-corrected chi connectivity index (χ0v) is 22.9. The third-order valence-electron chi connectivity index (χ3n) is 5.42. The number of anilines is 2. The van der Waals surface area contributed by atoms with E-state index in [9.17, 15) is 13.6 Å². The first-order valence-electron chi connectivity index (χ1n) is 11.7. The van der Waals surface area contributed by atoms with Crippen molar-refractivity contribution in [3.8, 4) is 40.3 Å². The van der Waals surface area contributed by atoms with Gasteiger partial charge >= 0.3 is 5.97 Å². The molecule has 40 heavy (non-hydrogen) atoms. The van der Waals surface area contributed by atoms with Crippen LogP contribution in [-0.4, -0.2) is 57.6 Å². The Morgan fingerprint density at radius 3 is 2.40 bits per heavy atom. The van der Waals surface area contributed by atoms with E-state index < -0.39 is 17.2 Å². The topological polar surface area (TPSA) is 142 Å². The van der Waals surface area contributed by atoms with Crippen molar-refractivity contribution in [1.82, 2.24) is 15.0 Å². The molecule has 0 bridgehead atoms. The summed E-state index contributed by atoms with van der Waals surface area (Å²) >= 11 is -2.64. The summed E-state index contributed by atoms with van der Waals surface area (Å²) in [7, 11) is 4.13. The maximum absolute atomic E-state index is 12.7. The lowest BCUT2D eigenvalue weighted by Gasteiger charge is -2.23. The Kier molecular flexibility index (Phi) is 9.09. The van der Waals surface area contributed by atoms with Gasteiger partial charge in [-0.1, -0.05) is 30.3 Å². The molecule has 1 N–H and O–H groups in total. The van der Waals surface area contributed by atoms with Gasteiger partial charge in [0, 0.05) is 11.8 Å². The molecule has 208 valence electrons. The van der Waals surface area contributed by atoms with E-state index in [-0.39, 0.29) is 35.7 Å². The number of carbonyl (C=O) groups is 1. The van der Waals surface area contributed by atoms with Gasteiger partial charge in [0.25, 0.3) is 17.1 Å². The molecule has 0 aliphatic carbocycles. The fourth-order valence-electron chi connectivity index (χ4n) is 3.49. The van der Waals surface area contributed by atoms with Crippen molar-refractivity contribution in [2.45, 2.75) is 6.92 Å². The normalized spacial score (nSPS) is 11.3. The number of hydrogen-bond donors (Lipinski definition) is 1. The van der Waals surface area contributed by atoms with E-state index in [0.717, 1.165) is 9.87 Å². The molecule has 0 saturated heterocycles. The second-order valence-electron chi connectivity index (χ2n) is 8.07. The van der Waals surface area contributed by atoms with Crippen molar-refractivity contribution in [2.75, 3.05) is 32.2 Å². The van der Waals surface area contributed by atoms with Gasteiger partial charge in [0.05, 0.1) is 21.3 Å². The van der Waals surface area contributed by atoms with Crippen LogP contribution in [0.15, 0.2) is 66.9 Å². The first-order chi connectivity index (χ1) is 19.3. The monoisotopic (exact) mass is 566 g/mol. The van der Waals surface area contributed by atoms with Gasteiger partial charge in [-0.05, 0) is 42.8 Å². The number of carbonyl (C=O) groups excluding carboxylic acids is 1. The van der Waals surface area contributed by atoms with Crippen LogP contribution in [0.25, 0.3) is 11.4 Å². The minimum atomic E-state index is -2.64. The highest BCUT2D eigenvalue weighted by Crippen LogP contribution is 2.44. The van der Waals surface area contributed by atoms with Crippen molar-refractivity contribution in [3.63, 3.8) is 0 Å². The number of nitrogens with zero attached hydrogens (tertiary/aromatic N) is 4. The summed E-state index contributed by atoms with van der Waals surface area (Å²) in [4.78, 5) is 24.9. The van der Waals surface area contributed by atoms with Crippen LogP contribution < -0.4 is 23.3 Å². The quantitative estimate of drug-likeness (QED) is 0.203. The molecule has 0 spiro atoms. The van der Waals surface area contributed by atoms with Gasteiger partial charge in [-0.15, -0.1) is 0 Å². The maximum atomic E-state index is 12.7. The van der Waals surface area contributed by atoms with Crippen molar-refractivity contribution in [2.24, 2.45) is 0 Å². The fraction of sp³-hybridized carbons (Fsp3) is 0.185. The maximum Gasteiger partial charge on any atom is 0.343 e. The number of aromatic nitrogens is 3. The molecule has 0 aliphatic rings. The number of esters is 1. The van der Waals surface area contributed by atoms with Crippen LogP contribution in [-0.2, 0) is 20.8 Å². The number of ether oxygens (including phenoxy) is 5. The van der Waals surface area contributed by atoms with E-state index in [1.807, 2.05) is 6.92 Å². The third kappa shape index (κ3) is 6.45. The van der Waals surface area contributed by atoms with Gasteiger partial charge in [-0.25, -0.2) is 19.0 Å². The van der Waals surface area contributed by atoms with Crippen LogP contribution in [0.2, 0.25) is 0 Å². The second-order valence-corrected chi connectivity index (χ2v) is 8.90. The fourth-order valence-corrected chi connectivity index (χ4v) is 4.03. The Morgan fingerprint density at radius 2 is 1.75 bits per heavy atom. The van der Waals surface area contributed by atoms with E-state index >= 15 is 0 Å². The molecule has 12 nitrogen and oxygen atoms in total. The molecule has 1 unspecified atom stereocenters. The van der Waals surface area contributed by atoms with E-state index in [1.54, 1.807) is 66.9 Å². The van der Waals surface area contributed by atoms with Crippen LogP contribution in [0.1, 0.15) is 5.56 Å². The highest BCUT2D eigenvalue weighted by atomic mass is 32.2. The minimum Gasteiger partial charge on any atom is -0.493 e. The first kappa shape index (κ1) is 28.3. The van der Waals surface area contributed by atoms with Crippen LogP contribution >= 0.6 is 0 Å². The summed E-state index contributed by atoms with van der Waals surface area (Å²) in [5.41, 5.74) is 1.31. The summed E-state index contributed by atoms with van der Waals surface area (Å²) in [6.45, 7) is 1.55. The average molecular weight is 567 g/mol. The number of benzene rings is 2. The number of para-hydroxylation sites is 2. The molecule has 4 aromatic rings. The lowest BCUT2D eigenvalue weighted by Crippen LogP contribution is -2.23. The number of pyridine rings is 1. The molecular formula is C27H26N4O8S. The lowest BCUT2D eigenvalue weighted by molar-refractivity contribution is -0.142. The van der Waals surface area contributed by atoms with E-state index in [4.69, 9.17) is 18.9 Å². The van der Waals surface area contributed by atoms with Gasteiger partial charge in [-0.3, -0.25) is 4.55 Å². The zero-order chi connectivity index (χ0) is 28.6. The van der Waals surface area contributed by atoms with Crippen molar-refractivity contribution in [1.29, 1.82) is 0 Å². The molecule has 2 aromatic carbocycles. The smallest absolute Gasteiger partial charge is 0.343 e. The summed E-state index contributed by atoms with van der Waals surface area (Å²) in [6.07, 6.45) is 1.55. The Bertz CT molecular complexity index is 1520. The highest BCUT2D eigenvalue weighted by molar-refractivity contribution is 7.81. The Morgan fingerprint density at radius 1 is 0.975 bits per heavy atom. The standard InChI is InChI=1S/C27H26N4O8S/c1-17-12-13-22(28-15-17)31(40(33)34)26-24(39-21-11-6-5-10-20(21)35-2)27(37-4)30-25(29-26)18-8-7-9-19(14-18)38-16-23(32)36-3/h5-15H,16H2,1-4H3,(H,33,34). The summed E-state index contributed by atoms with van der Waals surface area (Å²) in [6, 6.07) is 16.8. The van der Waals surface area contributed by atoms with Crippen molar-refractivity contribution < 1.29 is 37.2 Å². The van der Waals surface area contributed by atoms with Gasteiger partial charge in [0.15, 0.2) is 29.7 Å². The zero-order valence-electron chi connectivity index (χ0n) is 22.1. The average Bonchev–Trinajstić information content (AvgIpc) is 2.97. The van der Waals surface area contributed by atoms with Gasteiger partial charge < -0.3 is 23.7 Å². The lowest BCUT2D eigenvalue weighted by atomic mass is 10.2. The van der Waals surface area contributed by atoms with E-state index in [2.05, 4.69) is 19.7 Å². The summed E-state index contributed by atoms with van der Waals surface area (Å²) in [5, 5.41) is 0. The molecule has 1 atom stereocenters. The minimum absolute atomic E-state index is 0.0330. The molecule has 0 aliphatic heterocycles. The Balaban J connectivity index is 1.90. The van der Waals surface area contributed by atoms with Crippen molar-refractivity contribution in [3.05, 3.63) is 72.4 Å². The third-order valence-corrected chi connectivity index (χ3v) is 6.09. The highest BCUT2D eigenvalue weighted by Gasteiger charge is 2.29. The first-order valence-corrected chi connectivity index (χ1v) is 12.8. The van der Waals surface area contributed by atoms with Crippen molar-refractivity contribution >= 4 is 28.9 Å². The van der Waals surface area contributed by atoms with Crippen LogP contribution in [0, 0.1) is 6.92 Å². The molecule has 2 heterocycles. The number of hydrogen-bond acceptors (Lipinski definition) is 10. The van der Waals surface area contributed by atoms with Gasteiger partial charge in [0.2, 0.25) is 5.75 Å². The molecule has 0 radical (unpaired) electrons. The summed E-state index contributed by atoms with van der Waals surface area (Å²) < 4.78 is 51.4. The van der Waals surface area contributed by atoms with E-state index in [0.29, 0.717) is 22.8 Å². The number of aryl methyl sites for hydroxylation is 1. The van der Waals surface area contributed by atoms with Crippen LogP contribution in [0.4, 0.5) is 11.6 Å². The Hall–Kier alpha value is -4.75. The second kappa shape index (κ2) is 12.9. The molecule has 0 fully saturated rings. The number of methoxy groups -OCH3 is 3. The molecule has 13 heteroatoms. The largest absolute Gasteiger partial charge is 0.493 e. The molecule has 0 saturated carbocycles. The predicted molar refractivity (Wildman–Crippen MR) is 146 cm³/mol. The molecule has 0 amide bonds. The van der Waals surface area contributed by atoms with E-state index in [1.165, 1.54) is 21.3 Å².